The lowest BCUT2D eigenvalue weighted by Gasteiger charge is -2.34. The van der Waals surface area contributed by atoms with E-state index in [0.29, 0.717) is 19.8 Å². The highest BCUT2D eigenvalue weighted by molar-refractivity contribution is 7.88. The first-order valence-corrected chi connectivity index (χ1v) is 8.27. The second kappa shape index (κ2) is 6.47. The van der Waals surface area contributed by atoms with Crippen LogP contribution in [0.25, 0.3) is 0 Å². The molecule has 5 nitrogen and oxygen atoms in total. The van der Waals surface area contributed by atoms with Crippen LogP contribution in [-0.2, 0) is 14.8 Å². The lowest BCUT2D eigenvalue weighted by molar-refractivity contribution is 0.0172. The van der Waals surface area contributed by atoms with Crippen LogP contribution >= 0.6 is 0 Å². The summed E-state index contributed by atoms with van der Waals surface area (Å²) in [4.78, 5) is 2.26. The molecule has 1 aliphatic heterocycles. The second-order valence-corrected chi connectivity index (χ2v) is 6.53. The van der Waals surface area contributed by atoms with Crippen LogP contribution in [0.2, 0.25) is 0 Å². The van der Waals surface area contributed by atoms with Crippen LogP contribution in [0.5, 0.6) is 0 Å². The Labute approximate surface area is 114 Å². The predicted molar refractivity (Wildman–Crippen MR) is 74.4 cm³/mol. The molecule has 0 aromatic heterocycles. The van der Waals surface area contributed by atoms with E-state index in [0.717, 1.165) is 18.7 Å². The van der Waals surface area contributed by atoms with Crippen LogP contribution in [0.4, 0.5) is 0 Å². The molecule has 1 aromatic rings. The van der Waals surface area contributed by atoms with Gasteiger partial charge in [0.1, 0.15) is 0 Å². The Kier molecular flexibility index (Phi) is 4.93. The molecule has 6 heteroatoms. The first-order valence-electron chi connectivity index (χ1n) is 6.37. The van der Waals surface area contributed by atoms with Crippen LogP contribution in [0.1, 0.15) is 11.6 Å². The van der Waals surface area contributed by atoms with Crippen molar-refractivity contribution in [1.82, 2.24) is 9.62 Å². The molecule has 1 heterocycles. The van der Waals surface area contributed by atoms with Gasteiger partial charge >= 0.3 is 0 Å². The molecule has 0 aliphatic carbocycles. The maximum absolute atomic E-state index is 11.3. The molecule has 19 heavy (non-hydrogen) atoms. The van der Waals surface area contributed by atoms with Crippen molar-refractivity contribution in [1.29, 1.82) is 0 Å². The minimum absolute atomic E-state index is 0.0554. The van der Waals surface area contributed by atoms with Crippen molar-refractivity contribution in [3.05, 3.63) is 35.9 Å². The van der Waals surface area contributed by atoms with Gasteiger partial charge in [0.15, 0.2) is 0 Å². The minimum Gasteiger partial charge on any atom is -0.379 e. The molecular weight excluding hydrogens is 264 g/mol. The van der Waals surface area contributed by atoms with Gasteiger partial charge in [-0.1, -0.05) is 30.3 Å². The molecule has 0 amide bonds. The zero-order valence-corrected chi connectivity index (χ0v) is 11.9. The van der Waals surface area contributed by atoms with Crippen molar-refractivity contribution in [2.24, 2.45) is 0 Å². The quantitative estimate of drug-likeness (QED) is 0.860. The Morgan fingerprint density at radius 1 is 1.26 bits per heavy atom. The van der Waals surface area contributed by atoms with E-state index in [-0.39, 0.29) is 6.04 Å². The van der Waals surface area contributed by atoms with E-state index in [1.165, 1.54) is 6.26 Å². The topological polar surface area (TPSA) is 58.6 Å². The average molecular weight is 284 g/mol. The number of hydrogen-bond donors (Lipinski definition) is 1. The Morgan fingerprint density at radius 3 is 2.47 bits per heavy atom. The molecule has 0 bridgehead atoms. The van der Waals surface area contributed by atoms with E-state index in [4.69, 9.17) is 4.74 Å². The zero-order valence-electron chi connectivity index (χ0n) is 11.1. The summed E-state index contributed by atoms with van der Waals surface area (Å²) >= 11 is 0. The third-order valence-electron chi connectivity index (χ3n) is 3.21. The number of nitrogens with one attached hydrogen (secondary N) is 1. The molecule has 1 saturated heterocycles. The largest absolute Gasteiger partial charge is 0.379 e. The summed E-state index contributed by atoms with van der Waals surface area (Å²) in [5.41, 5.74) is 1.13. The molecule has 106 valence electrons. The highest BCUT2D eigenvalue weighted by Crippen LogP contribution is 2.21. The summed E-state index contributed by atoms with van der Waals surface area (Å²) in [5.74, 6) is 0. The van der Waals surface area contributed by atoms with Crippen molar-refractivity contribution in [3.63, 3.8) is 0 Å². The number of hydrogen-bond acceptors (Lipinski definition) is 4. The van der Waals surface area contributed by atoms with Crippen LogP contribution in [-0.4, -0.2) is 52.4 Å². The molecule has 0 spiro atoms. The number of sulfonamides is 1. The van der Waals surface area contributed by atoms with Crippen molar-refractivity contribution in [2.45, 2.75) is 6.04 Å². The molecule has 0 radical (unpaired) electrons. The summed E-state index contributed by atoms with van der Waals surface area (Å²) in [6.45, 7) is 3.43. The normalized spacial score (nSPS) is 19.2. The molecule has 2 rings (SSSR count). The molecule has 1 fully saturated rings. The van der Waals surface area contributed by atoms with Gasteiger partial charge in [0.05, 0.1) is 19.5 Å². The number of benzene rings is 1. The summed E-state index contributed by atoms with van der Waals surface area (Å²) in [5, 5.41) is 0. The minimum atomic E-state index is -3.17. The monoisotopic (exact) mass is 284 g/mol. The molecule has 1 aliphatic rings. The lowest BCUT2D eigenvalue weighted by Crippen LogP contribution is -2.43. The van der Waals surface area contributed by atoms with E-state index < -0.39 is 10.0 Å². The van der Waals surface area contributed by atoms with Crippen LogP contribution < -0.4 is 4.72 Å². The summed E-state index contributed by atoms with van der Waals surface area (Å²) < 4.78 is 30.5. The Bertz CT molecular complexity index is 484. The smallest absolute Gasteiger partial charge is 0.208 e. The van der Waals surface area contributed by atoms with E-state index in [9.17, 15) is 8.42 Å². The van der Waals surface area contributed by atoms with Gasteiger partial charge in [-0.15, -0.1) is 0 Å². The van der Waals surface area contributed by atoms with E-state index in [1.54, 1.807) is 0 Å². The molecule has 1 N–H and O–H groups in total. The lowest BCUT2D eigenvalue weighted by atomic mass is 10.1. The van der Waals surface area contributed by atoms with Gasteiger partial charge in [-0.3, -0.25) is 4.90 Å². The van der Waals surface area contributed by atoms with Crippen LogP contribution in [0.3, 0.4) is 0 Å². The van der Waals surface area contributed by atoms with Crippen LogP contribution in [0.15, 0.2) is 30.3 Å². The van der Waals surface area contributed by atoms with Gasteiger partial charge < -0.3 is 4.74 Å². The second-order valence-electron chi connectivity index (χ2n) is 4.70. The highest BCUT2D eigenvalue weighted by atomic mass is 32.2. The third-order valence-corrected chi connectivity index (χ3v) is 3.90. The zero-order chi connectivity index (χ0) is 13.7. The third kappa shape index (κ3) is 4.58. The molecule has 0 saturated carbocycles. The standard InChI is InChI=1S/C13H20N2O3S/c1-19(16,17)14-11-13(12-5-3-2-4-6-12)15-7-9-18-10-8-15/h2-6,13-14H,7-11H2,1H3/t13-/m1/s1. The number of rotatable bonds is 5. The number of morpholine rings is 1. The predicted octanol–water partition coefficient (Wildman–Crippen LogP) is 0.609. The average Bonchev–Trinajstić information content (AvgIpc) is 2.40. The Morgan fingerprint density at radius 2 is 1.89 bits per heavy atom. The van der Waals surface area contributed by atoms with Crippen molar-refractivity contribution < 1.29 is 13.2 Å². The molecule has 0 unspecified atom stereocenters. The van der Waals surface area contributed by atoms with E-state index in [2.05, 4.69) is 9.62 Å². The Balaban J connectivity index is 2.12. The van der Waals surface area contributed by atoms with Gasteiger partial charge in [-0.2, -0.15) is 0 Å². The summed E-state index contributed by atoms with van der Waals surface area (Å²) in [6.07, 6.45) is 1.19. The van der Waals surface area contributed by atoms with Gasteiger partial charge in [-0.25, -0.2) is 13.1 Å². The van der Waals surface area contributed by atoms with Crippen molar-refractivity contribution in [2.75, 3.05) is 39.1 Å². The van der Waals surface area contributed by atoms with Gasteiger partial charge in [0.2, 0.25) is 10.0 Å². The Hall–Kier alpha value is -0.950. The fourth-order valence-corrected chi connectivity index (χ4v) is 2.71. The molecule has 1 aromatic carbocycles. The fourth-order valence-electron chi connectivity index (χ4n) is 2.25. The van der Waals surface area contributed by atoms with Crippen LogP contribution in [0, 0.1) is 0 Å². The maximum Gasteiger partial charge on any atom is 0.208 e. The van der Waals surface area contributed by atoms with Gasteiger partial charge in [-0.05, 0) is 5.56 Å². The fraction of sp³-hybridized carbons (Fsp3) is 0.538. The van der Waals surface area contributed by atoms with E-state index >= 15 is 0 Å². The highest BCUT2D eigenvalue weighted by Gasteiger charge is 2.23. The van der Waals surface area contributed by atoms with Crippen molar-refractivity contribution in [3.8, 4) is 0 Å². The molecule has 1 atom stereocenters. The first-order chi connectivity index (χ1) is 9.06. The van der Waals surface area contributed by atoms with Crippen molar-refractivity contribution >= 4 is 10.0 Å². The van der Waals surface area contributed by atoms with Gasteiger partial charge in [0.25, 0.3) is 0 Å². The molecular formula is C13H20N2O3S. The number of nitrogens with zero attached hydrogens (tertiary/aromatic N) is 1. The maximum atomic E-state index is 11.3. The van der Waals surface area contributed by atoms with Gasteiger partial charge in [0, 0.05) is 25.7 Å². The van der Waals surface area contributed by atoms with E-state index in [1.807, 2.05) is 30.3 Å². The number of ether oxygens (including phenoxy) is 1. The summed E-state index contributed by atoms with van der Waals surface area (Å²) in [7, 11) is -3.17. The summed E-state index contributed by atoms with van der Waals surface area (Å²) in [6, 6.07) is 10.0. The first kappa shape index (κ1) is 14.5. The SMILES string of the molecule is CS(=O)(=O)NC[C@H](c1ccccc1)N1CCOCC1.